The smallest absolute Gasteiger partial charge is 0.162 e. The first-order valence-electron chi connectivity index (χ1n) is 10.6. The van der Waals surface area contributed by atoms with E-state index in [0.29, 0.717) is 11.6 Å². The SMILES string of the molecule is CC(C)NC(O)COc1cccc(-c2nc(NC3C=CC=CC3)c3ccccc3n2)c1. The Morgan fingerprint density at radius 3 is 2.77 bits per heavy atom. The number of ether oxygens (including phenoxy) is 1. The van der Waals surface area contributed by atoms with E-state index in [0.717, 1.165) is 28.7 Å². The number of hydrogen-bond donors (Lipinski definition) is 3. The number of rotatable bonds is 8. The summed E-state index contributed by atoms with van der Waals surface area (Å²) in [6.45, 7) is 4.12. The van der Waals surface area contributed by atoms with E-state index < -0.39 is 6.23 Å². The van der Waals surface area contributed by atoms with Crippen LogP contribution in [0.3, 0.4) is 0 Å². The lowest BCUT2D eigenvalue weighted by molar-refractivity contribution is 0.0719. The molecular weight excluding hydrogens is 388 g/mol. The van der Waals surface area contributed by atoms with Gasteiger partial charge in [-0.05, 0) is 44.5 Å². The molecule has 0 amide bonds. The molecule has 3 aromatic rings. The van der Waals surface area contributed by atoms with Crippen molar-refractivity contribution in [2.24, 2.45) is 0 Å². The van der Waals surface area contributed by atoms with Crippen LogP contribution in [0, 0.1) is 0 Å². The summed E-state index contributed by atoms with van der Waals surface area (Å²) >= 11 is 0. The molecule has 0 fully saturated rings. The lowest BCUT2D eigenvalue weighted by Crippen LogP contribution is -2.38. The van der Waals surface area contributed by atoms with Crippen molar-refractivity contribution in [1.82, 2.24) is 15.3 Å². The molecule has 31 heavy (non-hydrogen) atoms. The van der Waals surface area contributed by atoms with E-state index in [4.69, 9.17) is 14.7 Å². The maximum atomic E-state index is 10.00. The van der Waals surface area contributed by atoms with Gasteiger partial charge in [0.15, 0.2) is 5.82 Å². The van der Waals surface area contributed by atoms with Crippen LogP contribution in [0.4, 0.5) is 5.82 Å². The Morgan fingerprint density at radius 1 is 1.10 bits per heavy atom. The first-order chi connectivity index (χ1) is 15.1. The highest BCUT2D eigenvalue weighted by molar-refractivity contribution is 5.90. The van der Waals surface area contributed by atoms with Crippen LogP contribution in [0.15, 0.2) is 72.8 Å². The number of nitrogens with one attached hydrogen (secondary N) is 2. The zero-order chi connectivity index (χ0) is 21.6. The van der Waals surface area contributed by atoms with Gasteiger partial charge in [-0.15, -0.1) is 0 Å². The molecule has 2 aromatic carbocycles. The minimum Gasteiger partial charge on any atom is -0.489 e. The molecule has 0 saturated heterocycles. The van der Waals surface area contributed by atoms with Crippen LogP contribution in [0.25, 0.3) is 22.3 Å². The Morgan fingerprint density at radius 2 is 1.97 bits per heavy atom. The van der Waals surface area contributed by atoms with Crippen LogP contribution in [0.5, 0.6) is 5.75 Å². The fraction of sp³-hybridized carbons (Fsp3) is 0.280. The third-order valence-electron chi connectivity index (χ3n) is 4.93. The molecule has 0 bridgehead atoms. The van der Waals surface area contributed by atoms with E-state index in [2.05, 4.69) is 34.9 Å². The maximum absolute atomic E-state index is 10.00. The number of anilines is 1. The molecule has 1 aliphatic rings. The molecule has 0 saturated carbocycles. The molecule has 1 heterocycles. The first kappa shape index (κ1) is 21.0. The monoisotopic (exact) mass is 416 g/mol. The molecule has 0 aliphatic heterocycles. The Hall–Kier alpha value is -3.22. The van der Waals surface area contributed by atoms with Gasteiger partial charge in [0, 0.05) is 23.0 Å². The number of benzene rings is 2. The fourth-order valence-corrected chi connectivity index (χ4v) is 3.51. The second-order valence-electron chi connectivity index (χ2n) is 7.89. The van der Waals surface area contributed by atoms with E-state index in [9.17, 15) is 5.11 Å². The molecule has 2 atom stereocenters. The predicted octanol–water partition coefficient (Wildman–Crippen LogP) is 4.29. The number of para-hydroxylation sites is 1. The van der Waals surface area contributed by atoms with Crippen molar-refractivity contribution < 1.29 is 9.84 Å². The molecule has 0 spiro atoms. The minimum atomic E-state index is -0.728. The third-order valence-corrected chi connectivity index (χ3v) is 4.93. The van der Waals surface area contributed by atoms with E-state index in [1.54, 1.807) is 0 Å². The minimum absolute atomic E-state index is 0.161. The fourth-order valence-electron chi connectivity index (χ4n) is 3.51. The van der Waals surface area contributed by atoms with Crippen molar-refractivity contribution in [3.05, 3.63) is 72.8 Å². The topological polar surface area (TPSA) is 79.3 Å². The summed E-state index contributed by atoms with van der Waals surface area (Å²) in [5.41, 5.74) is 1.74. The largest absolute Gasteiger partial charge is 0.489 e. The maximum Gasteiger partial charge on any atom is 0.162 e. The highest BCUT2D eigenvalue weighted by Gasteiger charge is 2.13. The van der Waals surface area contributed by atoms with Gasteiger partial charge in [-0.1, -0.05) is 48.6 Å². The summed E-state index contributed by atoms with van der Waals surface area (Å²) in [6.07, 6.45) is 8.58. The van der Waals surface area contributed by atoms with E-state index >= 15 is 0 Å². The second-order valence-corrected chi connectivity index (χ2v) is 7.89. The van der Waals surface area contributed by atoms with Gasteiger partial charge in [0.25, 0.3) is 0 Å². The summed E-state index contributed by atoms with van der Waals surface area (Å²) in [6, 6.07) is 16.0. The highest BCUT2D eigenvalue weighted by atomic mass is 16.5. The Balaban J connectivity index is 1.60. The molecule has 2 unspecified atom stereocenters. The number of aromatic nitrogens is 2. The van der Waals surface area contributed by atoms with Gasteiger partial charge in [0.1, 0.15) is 24.4 Å². The van der Waals surface area contributed by atoms with Gasteiger partial charge in [-0.25, -0.2) is 9.97 Å². The molecule has 6 heteroatoms. The van der Waals surface area contributed by atoms with Gasteiger partial charge in [0.05, 0.1) is 5.52 Å². The van der Waals surface area contributed by atoms with Crippen molar-refractivity contribution in [3.8, 4) is 17.1 Å². The number of nitrogens with zero attached hydrogens (tertiary/aromatic N) is 2. The normalized spacial score (nSPS) is 16.6. The van der Waals surface area contributed by atoms with Crippen molar-refractivity contribution >= 4 is 16.7 Å². The van der Waals surface area contributed by atoms with Crippen LogP contribution in [0.1, 0.15) is 20.3 Å². The molecule has 6 nitrogen and oxygen atoms in total. The van der Waals surface area contributed by atoms with Crippen LogP contribution in [0.2, 0.25) is 0 Å². The van der Waals surface area contributed by atoms with Gasteiger partial charge in [0.2, 0.25) is 0 Å². The third kappa shape index (κ3) is 5.48. The molecule has 1 aromatic heterocycles. The number of hydrogen-bond acceptors (Lipinski definition) is 6. The summed E-state index contributed by atoms with van der Waals surface area (Å²) in [5.74, 6) is 2.10. The first-order valence-corrected chi connectivity index (χ1v) is 10.6. The molecule has 160 valence electrons. The van der Waals surface area contributed by atoms with E-state index in [1.165, 1.54) is 0 Å². The van der Waals surface area contributed by atoms with Crippen molar-refractivity contribution in [3.63, 3.8) is 0 Å². The molecule has 1 aliphatic carbocycles. The Labute approximate surface area is 182 Å². The molecular formula is C25H28N4O2. The van der Waals surface area contributed by atoms with Gasteiger partial charge < -0.3 is 15.2 Å². The van der Waals surface area contributed by atoms with E-state index in [-0.39, 0.29) is 18.7 Å². The zero-order valence-electron chi connectivity index (χ0n) is 17.8. The van der Waals surface area contributed by atoms with Gasteiger partial charge >= 0.3 is 0 Å². The quantitative estimate of drug-likeness (QED) is 0.476. The van der Waals surface area contributed by atoms with Gasteiger partial charge in [-0.3, -0.25) is 5.32 Å². The highest BCUT2D eigenvalue weighted by Crippen LogP contribution is 2.28. The Kier molecular flexibility index (Phi) is 6.60. The summed E-state index contributed by atoms with van der Waals surface area (Å²) < 4.78 is 5.77. The number of fused-ring (bicyclic) bond motifs is 1. The van der Waals surface area contributed by atoms with Crippen molar-refractivity contribution in [2.45, 2.75) is 38.6 Å². The average Bonchev–Trinajstić information content (AvgIpc) is 2.78. The average molecular weight is 417 g/mol. The van der Waals surface area contributed by atoms with E-state index in [1.807, 2.05) is 62.4 Å². The molecule has 3 N–H and O–H groups in total. The van der Waals surface area contributed by atoms with Crippen LogP contribution >= 0.6 is 0 Å². The standard InChI is InChI=1S/C25H28N4O2/c1-17(2)26-23(30)16-31-20-12-8-9-18(15-20)24-28-22-14-7-6-13-21(22)25(29-24)27-19-10-4-3-5-11-19/h3-10,12-15,17,19,23,26,30H,11,16H2,1-2H3,(H,27,28,29). The molecule has 0 radical (unpaired) electrons. The van der Waals surface area contributed by atoms with Crippen molar-refractivity contribution in [2.75, 3.05) is 11.9 Å². The summed E-state index contributed by atoms with van der Waals surface area (Å²) in [7, 11) is 0. The van der Waals surface area contributed by atoms with Crippen LogP contribution in [-0.4, -0.2) is 40.0 Å². The summed E-state index contributed by atoms with van der Waals surface area (Å²) in [4.78, 5) is 9.62. The van der Waals surface area contributed by atoms with Crippen LogP contribution < -0.4 is 15.4 Å². The van der Waals surface area contributed by atoms with Crippen molar-refractivity contribution in [1.29, 1.82) is 0 Å². The Bertz CT molecular complexity index is 1090. The number of allylic oxidation sites excluding steroid dienone is 2. The number of aliphatic hydroxyl groups excluding tert-OH is 1. The molecule has 4 rings (SSSR count). The van der Waals surface area contributed by atoms with Crippen LogP contribution in [-0.2, 0) is 0 Å². The zero-order valence-corrected chi connectivity index (χ0v) is 17.8. The number of aliphatic hydroxyl groups is 1. The lowest BCUT2D eigenvalue weighted by Gasteiger charge is -2.18. The predicted molar refractivity (Wildman–Crippen MR) is 125 cm³/mol. The van der Waals surface area contributed by atoms with Gasteiger partial charge in [-0.2, -0.15) is 0 Å². The second kappa shape index (κ2) is 9.73. The summed E-state index contributed by atoms with van der Waals surface area (Å²) in [5, 5.41) is 17.5. The lowest BCUT2D eigenvalue weighted by atomic mass is 10.1.